The molecule has 3 heterocycles. The number of hydrogen-bond acceptors (Lipinski definition) is 5. The molecule has 0 unspecified atom stereocenters. The Balaban J connectivity index is 1.49. The van der Waals surface area contributed by atoms with Gasteiger partial charge in [-0.25, -0.2) is 9.97 Å². The number of rotatable bonds is 5. The number of hydrogen-bond donors (Lipinski definition) is 1. The van der Waals surface area contributed by atoms with Gasteiger partial charge in [-0.1, -0.05) is 55.5 Å². The normalized spacial score (nSPS) is 11.3. The zero-order valence-electron chi connectivity index (χ0n) is 16.9. The van der Waals surface area contributed by atoms with Crippen LogP contribution in [0, 0.1) is 6.92 Å². The minimum absolute atomic E-state index is 0.591. The van der Waals surface area contributed by atoms with Crippen LogP contribution in [0.15, 0.2) is 60.7 Å². The van der Waals surface area contributed by atoms with Gasteiger partial charge in [0.25, 0.3) is 0 Å². The average Bonchev–Trinajstić information content (AvgIpc) is 3.43. The van der Waals surface area contributed by atoms with Crippen LogP contribution in [-0.2, 0) is 13.0 Å². The topological polar surface area (TPSA) is 85.2 Å². The Bertz CT molecular complexity index is 1300. The molecule has 2 aromatic carbocycles. The Morgan fingerprint density at radius 3 is 2.43 bits per heavy atom. The van der Waals surface area contributed by atoms with Crippen LogP contribution in [0.4, 0.5) is 0 Å². The van der Waals surface area contributed by atoms with Crippen molar-refractivity contribution in [2.45, 2.75) is 26.8 Å². The van der Waals surface area contributed by atoms with Gasteiger partial charge in [-0.15, -0.1) is 10.2 Å². The third kappa shape index (κ3) is 3.24. The number of benzene rings is 2. The Kier molecular flexibility index (Phi) is 4.55. The molecule has 0 amide bonds. The van der Waals surface area contributed by atoms with Crippen molar-refractivity contribution >= 4 is 11.2 Å². The van der Waals surface area contributed by atoms with Crippen LogP contribution in [0.25, 0.3) is 33.7 Å². The van der Waals surface area contributed by atoms with Crippen molar-refractivity contribution in [2.24, 2.45) is 0 Å². The van der Waals surface area contributed by atoms with E-state index in [2.05, 4.69) is 62.4 Å². The van der Waals surface area contributed by atoms with Crippen molar-refractivity contribution in [3.05, 3.63) is 77.7 Å². The summed E-state index contributed by atoms with van der Waals surface area (Å²) in [6.45, 7) is 4.88. The first kappa shape index (κ1) is 18.2. The number of nitrogens with zero attached hydrogens (tertiary/aromatic N) is 6. The zero-order chi connectivity index (χ0) is 20.5. The van der Waals surface area contributed by atoms with Crippen molar-refractivity contribution in [1.82, 2.24) is 35.2 Å². The Morgan fingerprint density at radius 1 is 0.900 bits per heavy atom. The Hall–Kier alpha value is -3.87. The average molecular weight is 395 g/mol. The number of nitrogens with one attached hydrogen (secondary N) is 1. The summed E-state index contributed by atoms with van der Waals surface area (Å²) >= 11 is 0. The number of fused-ring (bicyclic) bond motifs is 1. The van der Waals surface area contributed by atoms with Gasteiger partial charge in [0, 0.05) is 17.7 Å². The first-order valence-electron chi connectivity index (χ1n) is 9.98. The standard InChI is InChI=1S/C23H21N7/c1-3-21-25-20-13-8-15(2)24-23(20)30(21)14-16-9-11-17(12-10-16)18-6-4-5-7-19(18)22-26-28-29-27-22/h4-13H,3,14H2,1-2H3,(H,26,27,28,29). The molecule has 7 nitrogen and oxygen atoms in total. The molecule has 0 aliphatic heterocycles. The van der Waals surface area contributed by atoms with Gasteiger partial charge in [0.05, 0.1) is 6.54 Å². The van der Waals surface area contributed by atoms with E-state index >= 15 is 0 Å². The van der Waals surface area contributed by atoms with E-state index in [-0.39, 0.29) is 0 Å². The lowest BCUT2D eigenvalue weighted by Gasteiger charge is -2.10. The zero-order valence-corrected chi connectivity index (χ0v) is 16.9. The predicted molar refractivity (Wildman–Crippen MR) is 116 cm³/mol. The molecule has 0 atom stereocenters. The van der Waals surface area contributed by atoms with Gasteiger partial charge in [0.15, 0.2) is 5.65 Å². The fourth-order valence-electron chi connectivity index (χ4n) is 3.76. The van der Waals surface area contributed by atoms with Crippen LogP contribution in [0.5, 0.6) is 0 Å². The highest BCUT2D eigenvalue weighted by Gasteiger charge is 2.13. The summed E-state index contributed by atoms with van der Waals surface area (Å²) in [5, 5.41) is 14.5. The van der Waals surface area contributed by atoms with Crippen LogP contribution in [0.2, 0.25) is 0 Å². The van der Waals surface area contributed by atoms with Crippen LogP contribution in [0.1, 0.15) is 24.0 Å². The fourth-order valence-corrected chi connectivity index (χ4v) is 3.76. The molecule has 5 rings (SSSR count). The number of aryl methyl sites for hydroxylation is 2. The molecule has 0 saturated carbocycles. The lowest BCUT2D eigenvalue weighted by molar-refractivity contribution is 0.745. The third-order valence-corrected chi connectivity index (χ3v) is 5.25. The van der Waals surface area contributed by atoms with E-state index < -0.39 is 0 Å². The monoisotopic (exact) mass is 395 g/mol. The quantitative estimate of drug-likeness (QED) is 0.482. The molecule has 30 heavy (non-hydrogen) atoms. The molecule has 3 aromatic heterocycles. The Labute approximate surface area is 173 Å². The summed E-state index contributed by atoms with van der Waals surface area (Å²) in [4.78, 5) is 9.47. The number of aromatic nitrogens is 7. The van der Waals surface area contributed by atoms with Gasteiger partial charge >= 0.3 is 0 Å². The van der Waals surface area contributed by atoms with Gasteiger partial charge in [-0.2, -0.15) is 5.21 Å². The highest BCUT2D eigenvalue weighted by Crippen LogP contribution is 2.30. The van der Waals surface area contributed by atoms with E-state index in [1.165, 1.54) is 5.56 Å². The lowest BCUT2D eigenvalue weighted by atomic mass is 9.98. The van der Waals surface area contributed by atoms with Crippen LogP contribution >= 0.6 is 0 Å². The van der Waals surface area contributed by atoms with Gasteiger partial charge in [0.2, 0.25) is 5.82 Å². The lowest BCUT2D eigenvalue weighted by Crippen LogP contribution is -2.05. The molecule has 0 aliphatic rings. The second-order valence-corrected chi connectivity index (χ2v) is 7.24. The fraction of sp³-hybridized carbons (Fsp3) is 0.174. The smallest absolute Gasteiger partial charge is 0.205 e. The molecule has 148 valence electrons. The van der Waals surface area contributed by atoms with E-state index in [0.717, 1.165) is 52.3 Å². The maximum Gasteiger partial charge on any atom is 0.205 e. The second-order valence-electron chi connectivity index (χ2n) is 7.24. The molecule has 5 aromatic rings. The van der Waals surface area contributed by atoms with Crippen LogP contribution in [-0.4, -0.2) is 35.2 Å². The van der Waals surface area contributed by atoms with Crippen molar-refractivity contribution in [3.63, 3.8) is 0 Å². The van der Waals surface area contributed by atoms with Gasteiger partial charge in [-0.3, -0.25) is 0 Å². The molecule has 0 radical (unpaired) electrons. The van der Waals surface area contributed by atoms with Crippen molar-refractivity contribution in [2.75, 3.05) is 0 Å². The Morgan fingerprint density at radius 2 is 1.70 bits per heavy atom. The first-order chi connectivity index (χ1) is 14.7. The molecule has 7 heteroatoms. The molecule has 0 fully saturated rings. The van der Waals surface area contributed by atoms with Gasteiger partial charge in [0.1, 0.15) is 11.3 Å². The number of tetrazole rings is 1. The number of pyridine rings is 1. The summed E-state index contributed by atoms with van der Waals surface area (Å²) in [5.74, 6) is 1.64. The molecule has 0 bridgehead atoms. The van der Waals surface area contributed by atoms with E-state index in [1.807, 2.05) is 37.3 Å². The van der Waals surface area contributed by atoms with Crippen molar-refractivity contribution in [1.29, 1.82) is 0 Å². The molecular weight excluding hydrogens is 374 g/mol. The first-order valence-corrected chi connectivity index (χ1v) is 9.98. The van der Waals surface area contributed by atoms with E-state index in [1.54, 1.807) is 0 Å². The molecule has 1 N–H and O–H groups in total. The van der Waals surface area contributed by atoms with E-state index in [4.69, 9.17) is 9.97 Å². The van der Waals surface area contributed by atoms with Gasteiger partial charge < -0.3 is 4.57 Å². The summed E-state index contributed by atoms with van der Waals surface area (Å²) in [6, 6.07) is 20.7. The molecule has 0 spiro atoms. The molecular formula is C23H21N7. The number of H-pyrrole nitrogens is 1. The third-order valence-electron chi connectivity index (χ3n) is 5.25. The van der Waals surface area contributed by atoms with Crippen LogP contribution in [0.3, 0.4) is 0 Å². The van der Waals surface area contributed by atoms with Gasteiger partial charge in [-0.05, 0) is 41.0 Å². The number of imidazole rings is 1. The second kappa shape index (κ2) is 7.51. The van der Waals surface area contributed by atoms with E-state index in [9.17, 15) is 0 Å². The van der Waals surface area contributed by atoms with E-state index in [0.29, 0.717) is 5.82 Å². The largest absolute Gasteiger partial charge is 0.308 e. The molecule has 0 aliphatic carbocycles. The molecule has 0 saturated heterocycles. The predicted octanol–water partition coefficient (Wildman–Crippen LogP) is 4.20. The SMILES string of the molecule is CCc1nc2ccc(C)nc2n1Cc1ccc(-c2ccccc2-c2nn[nH]n2)cc1. The highest BCUT2D eigenvalue weighted by molar-refractivity contribution is 5.80. The highest BCUT2D eigenvalue weighted by atomic mass is 15.5. The van der Waals surface area contributed by atoms with Crippen molar-refractivity contribution in [3.8, 4) is 22.5 Å². The summed E-state index contributed by atoms with van der Waals surface area (Å²) in [7, 11) is 0. The minimum Gasteiger partial charge on any atom is -0.308 e. The maximum atomic E-state index is 4.75. The maximum absolute atomic E-state index is 4.75. The van der Waals surface area contributed by atoms with Crippen LogP contribution < -0.4 is 0 Å². The summed E-state index contributed by atoms with van der Waals surface area (Å²) in [6.07, 6.45) is 0.867. The summed E-state index contributed by atoms with van der Waals surface area (Å²) in [5.41, 5.74) is 7.23. The number of aromatic amines is 1. The minimum atomic E-state index is 0.591. The summed E-state index contributed by atoms with van der Waals surface area (Å²) < 4.78 is 2.21. The van der Waals surface area contributed by atoms with Crippen molar-refractivity contribution < 1.29 is 0 Å².